The quantitative estimate of drug-likeness (QED) is 0.521. The SMILES string of the molecule is CC(C)(C)c1ccc(OP(=S)(OCl)SCl)c(C(C)(C)C)c1. The molecule has 0 saturated heterocycles. The lowest BCUT2D eigenvalue weighted by Gasteiger charge is -2.28. The maximum atomic E-state index is 5.83. The van der Waals surface area contributed by atoms with Gasteiger partial charge in [0.2, 0.25) is 0 Å². The van der Waals surface area contributed by atoms with Crippen LogP contribution in [0.25, 0.3) is 0 Å². The van der Waals surface area contributed by atoms with E-state index < -0.39 is 5.69 Å². The highest BCUT2D eigenvalue weighted by Crippen LogP contribution is 2.64. The first kappa shape index (κ1) is 19.6. The molecule has 0 heterocycles. The molecule has 1 unspecified atom stereocenters. The zero-order valence-corrected chi connectivity index (χ0v) is 17.1. The van der Waals surface area contributed by atoms with Gasteiger partial charge < -0.3 is 4.52 Å². The average Bonchev–Trinajstić information content (AvgIpc) is 2.36. The highest BCUT2D eigenvalue weighted by atomic mass is 35.7. The summed E-state index contributed by atoms with van der Waals surface area (Å²) in [6.45, 7) is 12.9. The number of rotatable bonds is 4. The zero-order chi connectivity index (χ0) is 16.5. The summed E-state index contributed by atoms with van der Waals surface area (Å²) in [6.07, 6.45) is 0. The summed E-state index contributed by atoms with van der Waals surface area (Å²) >= 11 is 10.7. The van der Waals surface area contributed by atoms with E-state index in [-0.39, 0.29) is 10.8 Å². The maximum Gasteiger partial charge on any atom is 0.329 e. The average molecular weight is 387 g/mol. The summed E-state index contributed by atoms with van der Waals surface area (Å²) in [4.78, 5) is 0. The van der Waals surface area contributed by atoms with Crippen LogP contribution < -0.4 is 4.52 Å². The Kier molecular flexibility index (Phi) is 6.52. The third-order valence-electron chi connectivity index (χ3n) is 3.03. The molecule has 0 saturated carbocycles. The first-order valence-electron chi connectivity index (χ1n) is 6.48. The molecular formula is C14H21Cl2O2PS2. The molecule has 0 aliphatic rings. The van der Waals surface area contributed by atoms with Gasteiger partial charge in [0.25, 0.3) is 0 Å². The Morgan fingerprint density at radius 1 is 1.10 bits per heavy atom. The third-order valence-corrected chi connectivity index (χ3v) is 9.31. The van der Waals surface area contributed by atoms with Crippen molar-refractivity contribution in [2.75, 3.05) is 0 Å². The topological polar surface area (TPSA) is 18.5 Å². The van der Waals surface area contributed by atoms with Gasteiger partial charge in [-0.1, -0.05) is 53.7 Å². The van der Waals surface area contributed by atoms with Crippen LogP contribution in [0, 0.1) is 0 Å². The van der Waals surface area contributed by atoms with E-state index >= 15 is 0 Å². The van der Waals surface area contributed by atoms with Crippen molar-refractivity contribution in [1.82, 2.24) is 0 Å². The van der Waals surface area contributed by atoms with Crippen molar-refractivity contribution in [1.29, 1.82) is 0 Å². The Balaban J connectivity index is 3.37. The van der Waals surface area contributed by atoms with E-state index in [0.717, 1.165) is 16.2 Å². The lowest BCUT2D eigenvalue weighted by molar-refractivity contribution is 0.498. The molecule has 1 aromatic rings. The molecule has 1 aromatic carbocycles. The van der Waals surface area contributed by atoms with Gasteiger partial charge in [-0.05, 0) is 44.9 Å². The molecule has 1 rings (SSSR count). The van der Waals surface area contributed by atoms with Crippen LogP contribution in [-0.2, 0) is 26.7 Å². The molecule has 0 bridgehead atoms. The van der Waals surface area contributed by atoms with Gasteiger partial charge in [-0.15, -0.1) is 0 Å². The Bertz CT molecular complexity index is 543. The predicted octanol–water partition coefficient (Wildman–Crippen LogP) is 6.94. The smallest absolute Gasteiger partial charge is 0.329 e. The van der Waals surface area contributed by atoms with Crippen molar-refractivity contribution in [3.05, 3.63) is 29.3 Å². The second kappa shape index (κ2) is 6.98. The summed E-state index contributed by atoms with van der Waals surface area (Å²) in [6, 6.07) is 6.12. The molecule has 0 aliphatic heterocycles. The van der Waals surface area contributed by atoms with Gasteiger partial charge in [-0.3, -0.25) is 0 Å². The molecule has 0 amide bonds. The van der Waals surface area contributed by atoms with Crippen LogP contribution in [0.15, 0.2) is 18.2 Å². The monoisotopic (exact) mass is 386 g/mol. The van der Waals surface area contributed by atoms with Crippen LogP contribution in [-0.4, -0.2) is 0 Å². The molecule has 7 heteroatoms. The van der Waals surface area contributed by atoms with Crippen LogP contribution in [0.4, 0.5) is 0 Å². The molecule has 0 aliphatic carbocycles. The van der Waals surface area contributed by atoms with Gasteiger partial charge in [-0.2, -0.15) is 4.08 Å². The standard InChI is InChI=1S/C14H21Cl2O2PS2/c1-13(2,3)10-7-8-12(11(9-10)14(4,5)6)17-19(20,18-15)21-16/h7-9H,1-6H3. The summed E-state index contributed by atoms with van der Waals surface area (Å²) in [5, 5.41) is 0. The molecular weight excluding hydrogens is 366 g/mol. The molecule has 0 N–H and O–H groups in total. The van der Waals surface area contributed by atoms with Gasteiger partial charge in [0.05, 0.1) is 22.5 Å². The van der Waals surface area contributed by atoms with Crippen LogP contribution in [0.5, 0.6) is 5.75 Å². The minimum absolute atomic E-state index is 0.0585. The van der Waals surface area contributed by atoms with E-state index in [4.69, 9.17) is 43.0 Å². The summed E-state index contributed by atoms with van der Waals surface area (Å²) in [5.74, 6) is 0.674. The predicted molar refractivity (Wildman–Crippen MR) is 99.1 cm³/mol. The normalized spacial score (nSPS) is 15.6. The van der Waals surface area contributed by atoms with E-state index in [1.165, 1.54) is 5.56 Å². The second-order valence-electron chi connectivity index (χ2n) is 6.89. The van der Waals surface area contributed by atoms with Crippen molar-refractivity contribution in [2.24, 2.45) is 0 Å². The maximum absolute atomic E-state index is 5.83. The second-order valence-corrected chi connectivity index (χ2v) is 13.9. The van der Waals surface area contributed by atoms with E-state index in [2.05, 4.69) is 47.6 Å². The summed E-state index contributed by atoms with van der Waals surface area (Å²) < 4.78 is 10.6. The van der Waals surface area contributed by atoms with Crippen molar-refractivity contribution in [2.45, 2.75) is 52.4 Å². The van der Waals surface area contributed by atoms with Gasteiger partial charge >= 0.3 is 5.69 Å². The Hall–Kier alpha value is 0.560. The van der Waals surface area contributed by atoms with Gasteiger partial charge in [0.1, 0.15) is 5.75 Å². The van der Waals surface area contributed by atoms with E-state index in [0.29, 0.717) is 5.75 Å². The fraction of sp³-hybridized carbons (Fsp3) is 0.571. The largest absolute Gasteiger partial charge is 0.434 e. The van der Waals surface area contributed by atoms with E-state index in [9.17, 15) is 0 Å². The first-order valence-corrected chi connectivity index (χ1v) is 11.7. The lowest BCUT2D eigenvalue weighted by atomic mass is 9.80. The van der Waals surface area contributed by atoms with Crippen LogP contribution in [0.2, 0.25) is 0 Å². The van der Waals surface area contributed by atoms with Crippen LogP contribution >= 0.6 is 38.8 Å². The van der Waals surface area contributed by atoms with Crippen LogP contribution in [0.3, 0.4) is 0 Å². The number of hydrogen-bond acceptors (Lipinski definition) is 4. The van der Waals surface area contributed by atoms with Crippen molar-refractivity contribution in [3.63, 3.8) is 0 Å². The summed E-state index contributed by atoms with van der Waals surface area (Å²) in [7, 11) is 6.57. The van der Waals surface area contributed by atoms with Crippen LogP contribution in [0.1, 0.15) is 52.7 Å². The number of halogens is 2. The Morgan fingerprint density at radius 3 is 2.05 bits per heavy atom. The molecule has 0 fully saturated rings. The zero-order valence-electron chi connectivity index (χ0n) is 13.1. The van der Waals surface area contributed by atoms with Crippen molar-refractivity contribution in [3.8, 4) is 5.75 Å². The number of benzene rings is 1. The lowest BCUT2D eigenvalue weighted by Crippen LogP contribution is -2.17. The fourth-order valence-electron chi connectivity index (χ4n) is 1.82. The summed E-state index contributed by atoms with van der Waals surface area (Å²) in [5.41, 5.74) is -0.520. The molecule has 0 aromatic heterocycles. The van der Waals surface area contributed by atoms with Crippen molar-refractivity contribution < 1.29 is 8.60 Å². The molecule has 21 heavy (non-hydrogen) atoms. The molecule has 0 radical (unpaired) electrons. The Morgan fingerprint density at radius 2 is 1.67 bits per heavy atom. The Labute approximate surface area is 146 Å². The fourth-order valence-corrected chi connectivity index (χ4v) is 4.03. The van der Waals surface area contributed by atoms with E-state index in [1.807, 2.05) is 12.1 Å². The number of hydrogen-bond donors (Lipinski definition) is 0. The molecule has 120 valence electrons. The highest BCUT2D eigenvalue weighted by molar-refractivity contribution is 8.76. The molecule has 0 spiro atoms. The van der Waals surface area contributed by atoms with Gasteiger partial charge in [0, 0.05) is 5.56 Å². The van der Waals surface area contributed by atoms with Gasteiger partial charge in [-0.25, -0.2) is 0 Å². The van der Waals surface area contributed by atoms with E-state index in [1.54, 1.807) is 0 Å². The molecule has 1 atom stereocenters. The minimum Gasteiger partial charge on any atom is -0.434 e. The van der Waals surface area contributed by atoms with Gasteiger partial charge in [0.15, 0.2) is 0 Å². The first-order chi connectivity index (χ1) is 9.43. The minimum atomic E-state index is -2.77. The third kappa shape index (κ3) is 5.30. The van der Waals surface area contributed by atoms with Crippen molar-refractivity contribution >= 4 is 50.6 Å². The highest BCUT2D eigenvalue weighted by Gasteiger charge is 2.28. The molecule has 2 nitrogen and oxygen atoms in total.